The summed E-state index contributed by atoms with van der Waals surface area (Å²) in [4.78, 5) is 0. The van der Waals surface area contributed by atoms with E-state index in [9.17, 15) is 8.42 Å². The molecule has 8 heteroatoms. The van der Waals surface area contributed by atoms with E-state index in [1.54, 1.807) is 6.92 Å². The largest absolute Gasteiger partial charge is 0.438 e. The molecule has 15 heavy (non-hydrogen) atoms. The van der Waals surface area contributed by atoms with E-state index in [0.717, 1.165) is 0 Å². The van der Waals surface area contributed by atoms with Crippen molar-refractivity contribution in [2.45, 2.75) is 12.0 Å². The van der Waals surface area contributed by atoms with Gasteiger partial charge in [-0.3, -0.25) is 0 Å². The molecule has 2 aromatic heterocycles. The molecule has 0 saturated heterocycles. The van der Waals surface area contributed by atoms with Crippen molar-refractivity contribution in [1.82, 2.24) is 10.2 Å². The van der Waals surface area contributed by atoms with E-state index in [-0.39, 0.29) is 16.7 Å². The first-order chi connectivity index (χ1) is 6.97. The second kappa shape index (κ2) is 3.35. The zero-order valence-electron chi connectivity index (χ0n) is 7.47. The van der Waals surface area contributed by atoms with Gasteiger partial charge in [0.1, 0.15) is 0 Å². The van der Waals surface area contributed by atoms with Crippen LogP contribution in [0.25, 0.3) is 11.7 Å². The quantitative estimate of drug-likeness (QED) is 0.750. The maximum atomic E-state index is 10.9. The van der Waals surface area contributed by atoms with Crippen molar-refractivity contribution in [3.63, 3.8) is 0 Å². The van der Waals surface area contributed by atoms with Gasteiger partial charge in [-0.05, 0) is 12.1 Å². The Balaban J connectivity index is 2.44. The number of furan rings is 1. The standard InChI is InChI=1S/C7H5ClN2O4S/c1-4-9-10-7(13-4)5-2-3-6(14-5)15(8,11)12/h2-3H,1H3. The van der Waals surface area contributed by atoms with Gasteiger partial charge in [0.15, 0.2) is 5.76 Å². The van der Waals surface area contributed by atoms with E-state index in [1.807, 2.05) is 0 Å². The fourth-order valence-corrected chi connectivity index (χ4v) is 1.63. The molecule has 6 nitrogen and oxygen atoms in total. The highest BCUT2D eigenvalue weighted by Gasteiger charge is 2.18. The summed E-state index contributed by atoms with van der Waals surface area (Å²) in [6.07, 6.45) is 0. The molecule has 0 bridgehead atoms. The predicted molar refractivity (Wildman–Crippen MR) is 49.8 cm³/mol. The highest BCUT2D eigenvalue weighted by Crippen LogP contribution is 2.25. The lowest BCUT2D eigenvalue weighted by Crippen LogP contribution is -1.85. The summed E-state index contributed by atoms with van der Waals surface area (Å²) in [5, 5.41) is 6.89. The highest BCUT2D eigenvalue weighted by molar-refractivity contribution is 8.13. The second-order valence-corrected chi connectivity index (χ2v) is 5.18. The van der Waals surface area contributed by atoms with Gasteiger partial charge in [0.2, 0.25) is 11.0 Å². The van der Waals surface area contributed by atoms with Gasteiger partial charge in [0.25, 0.3) is 14.9 Å². The Morgan fingerprint density at radius 3 is 2.47 bits per heavy atom. The van der Waals surface area contributed by atoms with Crippen molar-refractivity contribution in [3.05, 3.63) is 18.0 Å². The maximum absolute atomic E-state index is 10.9. The smallest absolute Gasteiger partial charge is 0.294 e. The lowest BCUT2D eigenvalue weighted by molar-refractivity contribution is 0.441. The molecule has 2 aromatic rings. The van der Waals surface area contributed by atoms with Crippen LogP contribution in [0.3, 0.4) is 0 Å². The maximum Gasteiger partial charge on any atom is 0.294 e. The monoisotopic (exact) mass is 248 g/mol. The van der Waals surface area contributed by atoms with E-state index in [2.05, 4.69) is 10.2 Å². The topological polar surface area (TPSA) is 86.2 Å². The first-order valence-corrected chi connectivity index (χ1v) is 6.13. The summed E-state index contributed by atoms with van der Waals surface area (Å²) in [5.74, 6) is 0.630. The van der Waals surface area contributed by atoms with Gasteiger partial charge in [-0.2, -0.15) is 0 Å². The molecule has 0 aliphatic heterocycles. The van der Waals surface area contributed by atoms with Crippen LogP contribution in [-0.2, 0) is 9.05 Å². The van der Waals surface area contributed by atoms with E-state index in [1.165, 1.54) is 12.1 Å². The van der Waals surface area contributed by atoms with Crippen LogP contribution in [0.1, 0.15) is 5.89 Å². The molecule has 80 valence electrons. The second-order valence-electron chi connectivity index (χ2n) is 2.68. The molecule has 2 heterocycles. The Hall–Kier alpha value is -1.34. The van der Waals surface area contributed by atoms with Gasteiger partial charge in [-0.25, -0.2) is 8.42 Å². The molecule has 0 amide bonds. The highest BCUT2D eigenvalue weighted by atomic mass is 35.7. The fraction of sp³-hybridized carbons (Fsp3) is 0.143. The first kappa shape index (κ1) is 10.2. The van der Waals surface area contributed by atoms with Gasteiger partial charge in [0, 0.05) is 17.6 Å². The van der Waals surface area contributed by atoms with Crippen LogP contribution in [0.5, 0.6) is 0 Å². The average Bonchev–Trinajstić information content (AvgIpc) is 2.69. The SMILES string of the molecule is Cc1nnc(-c2ccc(S(=O)(=O)Cl)o2)o1. The molecular formula is C7H5ClN2O4S. The predicted octanol–water partition coefficient (Wildman–Crippen LogP) is 1.57. The summed E-state index contributed by atoms with van der Waals surface area (Å²) in [6, 6.07) is 2.61. The number of rotatable bonds is 2. The number of aryl methyl sites for hydroxylation is 1. The molecule has 0 fully saturated rings. The van der Waals surface area contributed by atoms with Crippen LogP contribution in [-0.4, -0.2) is 18.6 Å². The van der Waals surface area contributed by atoms with Crippen molar-refractivity contribution >= 4 is 19.7 Å². The van der Waals surface area contributed by atoms with Crippen LogP contribution in [0, 0.1) is 6.92 Å². The Kier molecular flexibility index (Phi) is 2.28. The lowest BCUT2D eigenvalue weighted by Gasteiger charge is -1.88. The number of hydrogen-bond donors (Lipinski definition) is 0. The van der Waals surface area contributed by atoms with Crippen molar-refractivity contribution in [1.29, 1.82) is 0 Å². The van der Waals surface area contributed by atoms with Gasteiger partial charge in [-0.1, -0.05) is 0 Å². The average molecular weight is 249 g/mol. The van der Waals surface area contributed by atoms with Crippen LogP contribution >= 0.6 is 10.7 Å². The Morgan fingerprint density at radius 1 is 1.27 bits per heavy atom. The number of nitrogens with zero attached hydrogens (tertiary/aromatic N) is 2. The molecule has 0 unspecified atom stereocenters. The minimum Gasteiger partial charge on any atom is -0.438 e. The fourth-order valence-electron chi connectivity index (χ4n) is 0.962. The third-order valence-corrected chi connectivity index (χ3v) is 2.71. The normalized spacial score (nSPS) is 11.9. The summed E-state index contributed by atoms with van der Waals surface area (Å²) in [7, 11) is 1.21. The third-order valence-electron chi connectivity index (χ3n) is 1.56. The molecule has 2 rings (SSSR count). The summed E-state index contributed by atoms with van der Waals surface area (Å²) in [5.41, 5.74) is 0. The Labute approximate surface area is 89.3 Å². The number of halogens is 1. The Morgan fingerprint density at radius 2 is 2.00 bits per heavy atom. The molecule has 0 atom stereocenters. The molecular weight excluding hydrogens is 244 g/mol. The third kappa shape index (κ3) is 2.02. The van der Waals surface area contributed by atoms with Crippen LogP contribution in [0.4, 0.5) is 0 Å². The lowest BCUT2D eigenvalue weighted by atomic mass is 10.5. The summed E-state index contributed by atoms with van der Waals surface area (Å²) in [6.45, 7) is 1.61. The van der Waals surface area contributed by atoms with Gasteiger partial charge < -0.3 is 8.83 Å². The van der Waals surface area contributed by atoms with Crippen molar-refractivity contribution in [2.75, 3.05) is 0 Å². The summed E-state index contributed by atoms with van der Waals surface area (Å²) >= 11 is 0. The van der Waals surface area contributed by atoms with Crippen molar-refractivity contribution in [3.8, 4) is 11.7 Å². The van der Waals surface area contributed by atoms with Gasteiger partial charge in [0.05, 0.1) is 0 Å². The van der Waals surface area contributed by atoms with E-state index in [0.29, 0.717) is 5.89 Å². The number of aromatic nitrogens is 2. The van der Waals surface area contributed by atoms with E-state index >= 15 is 0 Å². The minimum absolute atomic E-state index is 0.110. The zero-order valence-corrected chi connectivity index (χ0v) is 9.04. The van der Waals surface area contributed by atoms with Gasteiger partial charge in [-0.15, -0.1) is 10.2 Å². The minimum atomic E-state index is -3.87. The van der Waals surface area contributed by atoms with Crippen LogP contribution in [0.15, 0.2) is 26.1 Å². The summed E-state index contributed by atoms with van der Waals surface area (Å²) < 4.78 is 31.7. The van der Waals surface area contributed by atoms with Crippen LogP contribution < -0.4 is 0 Å². The van der Waals surface area contributed by atoms with Crippen molar-refractivity contribution < 1.29 is 17.3 Å². The van der Waals surface area contributed by atoms with E-state index in [4.69, 9.17) is 19.5 Å². The molecule has 0 radical (unpaired) electrons. The molecule has 0 aromatic carbocycles. The molecule has 0 N–H and O–H groups in total. The number of hydrogen-bond acceptors (Lipinski definition) is 6. The first-order valence-electron chi connectivity index (χ1n) is 3.82. The molecule has 0 aliphatic rings. The molecule has 0 spiro atoms. The van der Waals surface area contributed by atoms with Crippen LogP contribution in [0.2, 0.25) is 0 Å². The van der Waals surface area contributed by atoms with Crippen molar-refractivity contribution in [2.24, 2.45) is 0 Å². The molecule has 0 saturated carbocycles. The zero-order chi connectivity index (χ0) is 11.1. The Bertz CT molecular complexity index is 586. The van der Waals surface area contributed by atoms with E-state index < -0.39 is 9.05 Å². The molecule has 0 aliphatic carbocycles. The van der Waals surface area contributed by atoms with Gasteiger partial charge >= 0.3 is 0 Å².